The summed E-state index contributed by atoms with van der Waals surface area (Å²) in [6.45, 7) is 0. The van der Waals surface area contributed by atoms with Crippen molar-refractivity contribution in [3.05, 3.63) is 24.0 Å². The summed E-state index contributed by atoms with van der Waals surface area (Å²) in [5.74, 6) is 0.457. The first kappa shape index (κ1) is 10.2. The van der Waals surface area contributed by atoms with Gasteiger partial charge in [-0.2, -0.15) is 5.26 Å². The third-order valence-corrected chi connectivity index (χ3v) is 2.32. The number of aromatic nitrogens is 2. The summed E-state index contributed by atoms with van der Waals surface area (Å²) >= 11 is 0. The van der Waals surface area contributed by atoms with Gasteiger partial charge in [0.15, 0.2) is 0 Å². The molecule has 0 atom stereocenters. The van der Waals surface area contributed by atoms with Crippen LogP contribution in [0.1, 0.15) is 5.56 Å². The van der Waals surface area contributed by atoms with Crippen LogP contribution in [0.4, 0.5) is 5.69 Å². The van der Waals surface area contributed by atoms with E-state index in [2.05, 4.69) is 21.4 Å². The molecule has 2 aromatic rings. The maximum absolute atomic E-state index is 8.96. The van der Waals surface area contributed by atoms with E-state index in [9.17, 15) is 0 Å². The van der Waals surface area contributed by atoms with E-state index >= 15 is 0 Å². The molecule has 0 amide bonds. The summed E-state index contributed by atoms with van der Waals surface area (Å²) in [6, 6.07) is 3.89. The van der Waals surface area contributed by atoms with Gasteiger partial charge in [0.25, 0.3) is 0 Å². The van der Waals surface area contributed by atoms with Gasteiger partial charge in [-0.15, -0.1) is 0 Å². The highest BCUT2D eigenvalue weighted by Crippen LogP contribution is 2.28. The highest BCUT2D eigenvalue weighted by Gasteiger charge is 2.10. The first-order valence-corrected chi connectivity index (χ1v) is 4.71. The number of methoxy groups -OCH3 is 1. The van der Waals surface area contributed by atoms with E-state index in [0.29, 0.717) is 17.0 Å². The molecule has 0 bridgehead atoms. The topological polar surface area (TPSA) is 70.8 Å². The third-order valence-electron chi connectivity index (χ3n) is 2.32. The average molecular weight is 214 g/mol. The fraction of sp³-hybridized carbons (Fsp3) is 0.182. The average Bonchev–Trinajstić information content (AvgIpc) is 2.36. The number of hydrogen-bond acceptors (Lipinski definition) is 5. The number of fused-ring (bicyclic) bond motifs is 1. The number of ether oxygens (including phenoxy) is 1. The Hall–Kier alpha value is -2.35. The van der Waals surface area contributed by atoms with E-state index in [-0.39, 0.29) is 0 Å². The minimum atomic E-state index is 0.457. The number of nitriles is 1. The van der Waals surface area contributed by atoms with Gasteiger partial charge >= 0.3 is 0 Å². The lowest BCUT2D eigenvalue weighted by atomic mass is 10.1. The molecule has 0 saturated heterocycles. The number of hydrogen-bond donors (Lipinski definition) is 1. The van der Waals surface area contributed by atoms with Crippen LogP contribution in [0.15, 0.2) is 18.5 Å². The van der Waals surface area contributed by atoms with Crippen molar-refractivity contribution in [3.63, 3.8) is 0 Å². The molecule has 2 aromatic heterocycles. The van der Waals surface area contributed by atoms with E-state index in [1.54, 1.807) is 26.4 Å². The summed E-state index contributed by atoms with van der Waals surface area (Å²) in [4.78, 5) is 8.24. The largest absolute Gasteiger partial charge is 0.479 e. The van der Waals surface area contributed by atoms with E-state index in [1.807, 2.05) is 0 Å². The van der Waals surface area contributed by atoms with Crippen LogP contribution < -0.4 is 10.1 Å². The lowest BCUT2D eigenvalue weighted by Gasteiger charge is -2.08. The van der Waals surface area contributed by atoms with Crippen molar-refractivity contribution >= 4 is 16.6 Å². The molecule has 1 N–H and O–H groups in total. The molecule has 0 saturated carbocycles. The number of nitrogens with zero attached hydrogens (tertiary/aromatic N) is 3. The molecule has 0 aromatic carbocycles. The zero-order valence-electron chi connectivity index (χ0n) is 8.98. The maximum Gasteiger partial charge on any atom is 0.240 e. The predicted molar refractivity (Wildman–Crippen MR) is 60.4 cm³/mol. The fourth-order valence-corrected chi connectivity index (χ4v) is 1.60. The monoisotopic (exact) mass is 214 g/mol. The molecular formula is C11H10N4O. The lowest BCUT2D eigenvalue weighted by molar-refractivity contribution is 0.402. The van der Waals surface area contributed by atoms with Crippen LogP contribution in [0.2, 0.25) is 0 Å². The number of anilines is 1. The molecule has 2 heterocycles. The molecule has 5 heteroatoms. The Bertz CT molecular complexity index is 574. The van der Waals surface area contributed by atoms with Crippen LogP contribution in [0, 0.1) is 11.3 Å². The van der Waals surface area contributed by atoms with Crippen LogP contribution in [0.25, 0.3) is 10.9 Å². The zero-order valence-corrected chi connectivity index (χ0v) is 8.98. The SMILES string of the molecule is CNc1c(C#N)cnc2c(OC)nccc12. The van der Waals surface area contributed by atoms with Crippen molar-refractivity contribution in [2.75, 3.05) is 19.5 Å². The highest BCUT2D eigenvalue weighted by atomic mass is 16.5. The molecule has 0 aliphatic heterocycles. The Morgan fingerprint density at radius 2 is 2.25 bits per heavy atom. The van der Waals surface area contributed by atoms with Gasteiger partial charge in [-0.05, 0) is 6.07 Å². The minimum Gasteiger partial charge on any atom is -0.479 e. The molecule has 5 nitrogen and oxygen atoms in total. The van der Waals surface area contributed by atoms with Gasteiger partial charge in [0.1, 0.15) is 11.6 Å². The molecule has 80 valence electrons. The van der Waals surface area contributed by atoms with Gasteiger partial charge in [0.05, 0.1) is 18.4 Å². The van der Waals surface area contributed by atoms with Gasteiger partial charge < -0.3 is 10.1 Å². The molecule has 0 aliphatic carbocycles. The van der Waals surface area contributed by atoms with Gasteiger partial charge in [0, 0.05) is 24.8 Å². The van der Waals surface area contributed by atoms with Crippen molar-refractivity contribution in [3.8, 4) is 11.9 Å². The van der Waals surface area contributed by atoms with E-state index < -0.39 is 0 Å². The number of rotatable bonds is 2. The quantitative estimate of drug-likeness (QED) is 0.821. The molecule has 0 radical (unpaired) electrons. The second-order valence-corrected chi connectivity index (χ2v) is 3.13. The maximum atomic E-state index is 8.96. The number of pyridine rings is 2. The fourth-order valence-electron chi connectivity index (χ4n) is 1.60. The molecule has 0 aliphatic rings. The summed E-state index contributed by atoms with van der Waals surface area (Å²) in [5, 5.41) is 12.8. The smallest absolute Gasteiger partial charge is 0.240 e. The van der Waals surface area contributed by atoms with Crippen LogP contribution in [0.3, 0.4) is 0 Å². The van der Waals surface area contributed by atoms with E-state index in [0.717, 1.165) is 11.1 Å². The lowest BCUT2D eigenvalue weighted by Crippen LogP contribution is -1.98. The van der Waals surface area contributed by atoms with Crippen molar-refractivity contribution < 1.29 is 4.74 Å². The van der Waals surface area contributed by atoms with Crippen LogP contribution in [0.5, 0.6) is 5.88 Å². The Labute approximate surface area is 92.7 Å². The highest BCUT2D eigenvalue weighted by molar-refractivity contribution is 5.96. The minimum absolute atomic E-state index is 0.457. The molecule has 0 fully saturated rings. The van der Waals surface area contributed by atoms with Crippen molar-refractivity contribution in [1.82, 2.24) is 9.97 Å². The standard InChI is InChI=1S/C11H10N4O/c1-13-9-7(5-12)6-15-10-8(9)3-4-14-11(10)16-2/h3-4,6H,1-2H3,(H,13,15). The van der Waals surface area contributed by atoms with Gasteiger partial charge in [-0.3, -0.25) is 0 Å². The Balaban J connectivity index is 2.85. The van der Waals surface area contributed by atoms with Crippen molar-refractivity contribution in [2.45, 2.75) is 0 Å². The zero-order chi connectivity index (χ0) is 11.5. The van der Waals surface area contributed by atoms with Crippen molar-refractivity contribution in [1.29, 1.82) is 5.26 Å². The molecular weight excluding hydrogens is 204 g/mol. The normalized spacial score (nSPS) is 9.81. The predicted octanol–water partition coefficient (Wildman–Crippen LogP) is 1.55. The van der Waals surface area contributed by atoms with Crippen LogP contribution in [-0.4, -0.2) is 24.1 Å². The van der Waals surface area contributed by atoms with Gasteiger partial charge in [-0.1, -0.05) is 0 Å². The van der Waals surface area contributed by atoms with Crippen molar-refractivity contribution in [2.24, 2.45) is 0 Å². The van der Waals surface area contributed by atoms with E-state index in [4.69, 9.17) is 10.00 Å². The summed E-state index contributed by atoms with van der Waals surface area (Å²) in [5.41, 5.74) is 1.89. The molecule has 2 rings (SSSR count). The Morgan fingerprint density at radius 1 is 1.44 bits per heavy atom. The molecule has 0 spiro atoms. The summed E-state index contributed by atoms with van der Waals surface area (Å²) < 4.78 is 5.12. The first-order valence-electron chi connectivity index (χ1n) is 4.71. The molecule has 16 heavy (non-hydrogen) atoms. The van der Waals surface area contributed by atoms with E-state index in [1.165, 1.54) is 6.20 Å². The van der Waals surface area contributed by atoms with Crippen LogP contribution in [-0.2, 0) is 0 Å². The second-order valence-electron chi connectivity index (χ2n) is 3.13. The third kappa shape index (κ3) is 1.41. The van der Waals surface area contributed by atoms with Crippen LogP contribution >= 0.6 is 0 Å². The van der Waals surface area contributed by atoms with Gasteiger partial charge in [0.2, 0.25) is 5.88 Å². The Morgan fingerprint density at radius 3 is 2.88 bits per heavy atom. The summed E-state index contributed by atoms with van der Waals surface area (Å²) in [6.07, 6.45) is 3.14. The first-order chi connectivity index (χ1) is 7.81. The summed E-state index contributed by atoms with van der Waals surface area (Å²) in [7, 11) is 3.31. The second kappa shape index (κ2) is 4.03. The Kier molecular flexibility index (Phi) is 2.56. The van der Waals surface area contributed by atoms with Gasteiger partial charge in [-0.25, -0.2) is 9.97 Å². The molecule has 0 unspecified atom stereocenters. The number of nitrogens with one attached hydrogen (secondary N) is 1.